The summed E-state index contributed by atoms with van der Waals surface area (Å²) in [6, 6.07) is 16.8. The van der Waals surface area contributed by atoms with Gasteiger partial charge in [-0.3, -0.25) is 4.79 Å². The molecule has 35 heavy (non-hydrogen) atoms. The van der Waals surface area contributed by atoms with Gasteiger partial charge < -0.3 is 28.6 Å². The lowest BCUT2D eigenvalue weighted by Crippen LogP contribution is -2.41. The van der Waals surface area contributed by atoms with Crippen molar-refractivity contribution in [3.63, 3.8) is 0 Å². The number of methoxy groups -OCH3 is 3. The first-order chi connectivity index (χ1) is 17.0. The van der Waals surface area contributed by atoms with Gasteiger partial charge in [0.25, 0.3) is 0 Å². The van der Waals surface area contributed by atoms with Crippen LogP contribution in [0.4, 0.5) is 5.69 Å². The van der Waals surface area contributed by atoms with Crippen LogP contribution in [-0.2, 0) is 11.2 Å². The Morgan fingerprint density at radius 3 is 2.03 bits per heavy atom. The van der Waals surface area contributed by atoms with Crippen molar-refractivity contribution >= 4 is 11.6 Å². The normalized spacial score (nSPS) is 14.8. The molecule has 0 N–H and O–H groups in total. The third-order valence-electron chi connectivity index (χ3n) is 6.05. The van der Waals surface area contributed by atoms with Gasteiger partial charge in [-0.1, -0.05) is 12.1 Å². The van der Waals surface area contributed by atoms with Crippen LogP contribution >= 0.6 is 0 Å². The fraction of sp³-hybridized carbons (Fsp3) is 0.321. The van der Waals surface area contributed by atoms with E-state index in [-0.39, 0.29) is 18.4 Å². The third-order valence-corrected chi connectivity index (χ3v) is 6.05. The smallest absolute Gasteiger partial charge is 0.232 e. The minimum Gasteiger partial charge on any atom is -0.497 e. The number of hydrogen-bond acceptors (Lipinski definition) is 6. The summed E-state index contributed by atoms with van der Waals surface area (Å²) in [4.78, 5) is 15.5. The van der Waals surface area contributed by atoms with Gasteiger partial charge in [0.2, 0.25) is 5.91 Å². The van der Waals surface area contributed by atoms with Crippen LogP contribution < -0.4 is 28.6 Å². The molecule has 184 valence electrons. The van der Waals surface area contributed by atoms with Crippen LogP contribution in [0.25, 0.3) is 0 Å². The van der Waals surface area contributed by atoms with E-state index in [2.05, 4.69) is 0 Å². The molecule has 4 rings (SSSR count). The van der Waals surface area contributed by atoms with Gasteiger partial charge in [-0.05, 0) is 66.9 Å². The summed E-state index contributed by atoms with van der Waals surface area (Å²) in [5.41, 5.74) is 3.56. The van der Waals surface area contributed by atoms with Crippen molar-refractivity contribution in [3.8, 4) is 28.7 Å². The molecule has 1 aliphatic rings. The molecule has 0 bridgehead atoms. The van der Waals surface area contributed by atoms with Crippen molar-refractivity contribution in [3.05, 3.63) is 71.3 Å². The lowest BCUT2D eigenvalue weighted by molar-refractivity contribution is -0.118. The lowest BCUT2D eigenvalue weighted by atomic mass is 9.86. The molecule has 0 unspecified atom stereocenters. The highest BCUT2D eigenvalue weighted by molar-refractivity contribution is 5.98. The average Bonchev–Trinajstić information content (AvgIpc) is 2.88. The van der Waals surface area contributed by atoms with Crippen LogP contribution in [0.15, 0.2) is 54.6 Å². The van der Waals surface area contributed by atoms with Crippen molar-refractivity contribution in [2.45, 2.75) is 26.3 Å². The Kier molecular flexibility index (Phi) is 7.34. The first kappa shape index (κ1) is 24.3. The molecule has 3 aromatic carbocycles. The standard InChI is InChI=1S/C28H31NO6/c1-6-34-25-14-19-15-27(30)29(20-10-13-23(32-4)24(16-20)33-5)28(22(19)17-26(25)35-7-2)18-8-11-21(31-3)12-9-18/h8-14,16-17,28H,6-7,15H2,1-5H3/t28-/m1/s1. The van der Waals surface area contributed by atoms with Crippen LogP contribution in [-0.4, -0.2) is 40.5 Å². The summed E-state index contributed by atoms with van der Waals surface area (Å²) in [7, 11) is 4.80. The average molecular weight is 478 g/mol. The first-order valence-electron chi connectivity index (χ1n) is 11.6. The van der Waals surface area contributed by atoms with Crippen molar-refractivity contribution in [2.75, 3.05) is 39.4 Å². The van der Waals surface area contributed by atoms with E-state index in [4.69, 9.17) is 23.7 Å². The molecule has 1 amide bonds. The monoisotopic (exact) mass is 477 g/mol. The lowest BCUT2D eigenvalue weighted by Gasteiger charge is -2.38. The number of rotatable bonds is 9. The van der Waals surface area contributed by atoms with Gasteiger partial charge in [0.1, 0.15) is 5.75 Å². The minimum atomic E-state index is -0.384. The number of fused-ring (bicyclic) bond motifs is 1. The number of ether oxygens (including phenoxy) is 5. The van der Waals surface area contributed by atoms with Gasteiger partial charge in [-0.2, -0.15) is 0 Å². The van der Waals surface area contributed by atoms with E-state index in [1.165, 1.54) is 0 Å². The van der Waals surface area contributed by atoms with E-state index in [9.17, 15) is 4.79 Å². The van der Waals surface area contributed by atoms with E-state index in [0.29, 0.717) is 41.9 Å². The number of benzene rings is 3. The Morgan fingerprint density at radius 1 is 0.771 bits per heavy atom. The molecule has 0 aliphatic carbocycles. The van der Waals surface area contributed by atoms with Crippen LogP contribution in [0.5, 0.6) is 28.7 Å². The van der Waals surface area contributed by atoms with Gasteiger partial charge in [0.05, 0.1) is 47.0 Å². The Labute approximate surface area is 206 Å². The molecule has 0 saturated carbocycles. The molecule has 7 heteroatoms. The van der Waals surface area contributed by atoms with Crippen LogP contribution in [0.2, 0.25) is 0 Å². The van der Waals surface area contributed by atoms with E-state index in [1.54, 1.807) is 21.3 Å². The second-order valence-electron chi connectivity index (χ2n) is 8.02. The van der Waals surface area contributed by atoms with E-state index < -0.39 is 0 Å². The highest BCUT2D eigenvalue weighted by Gasteiger charge is 2.36. The Morgan fingerprint density at radius 2 is 1.43 bits per heavy atom. The minimum absolute atomic E-state index is 0.0304. The highest BCUT2D eigenvalue weighted by Crippen LogP contribution is 2.45. The highest BCUT2D eigenvalue weighted by atomic mass is 16.5. The summed E-state index contributed by atoms with van der Waals surface area (Å²) >= 11 is 0. The molecule has 1 atom stereocenters. The molecule has 1 heterocycles. The number of amides is 1. The summed E-state index contributed by atoms with van der Waals surface area (Å²) in [5.74, 6) is 3.18. The van der Waals surface area contributed by atoms with E-state index in [1.807, 2.05) is 73.3 Å². The van der Waals surface area contributed by atoms with Crippen LogP contribution in [0.1, 0.15) is 36.6 Å². The summed E-state index contributed by atoms with van der Waals surface area (Å²) < 4.78 is 28.0. The zero-order valence-electron chi connectivity index (χ0n) is 20.8. The molecule has 0 fully saturated rings. The molecule has 0 saturated heterocycles. The van der Waals surface area contributed by atoms with Crippen molar-refractivity contribution < 1.29 is 28.5 Å². The number of anilines is 1. The molecular formula is C28H31NO6. The van der Waals surface area contributed by atoms with E-state index >= 15 is 0 Å². The molecular weight excluding hydrogens is 446 g/mol. The van der Waals surface area contributed by atoms with Gasteiger partial charge in [-0.15, -0.1) is 0 Å². The fourth-order valence-corrected chi connectivity index (χ4v) is 4.48. The van der Waals surface area contributed by atoms with Crippen LogP contribution in [0.3, 0.4) is 0 Å². The van der Waals surface area contributed by atoms with E-state index in [0.717, 1.165) is 22.4 Å². The van der Waals surface area contributed by atoms with Gasteiger partial charge >= 0.3 is 0 Å². The number of carbonyl (C=O) groups is 1. The third kappa shape index (κ3) is 4.71. The predicted octanol–water partition coefficient (Wildman–Crippen LogP) is 5.19. The topological polar surface area (TPSA) is 66.5 Å². The van der Waals surface area contributed by atoms with Crippen molar-refractivity contribution in [1.29, 1.82) is 0 Å². The quantitative estimate of drug-likeness (QED) is 0.423. The van der Waals surface area contributed by atoms with Crippen molar-refractivity contribution in [2.24, 2.45) is 0 Å². The molecule has 0 spiro atoms. The van der Waals surface area contributed by atoms with Gasteiger partial charge in [-0.25, -0.2) is 0 Å². The summed E-state index contributed by atoms with van der Waals surface area (Å²) in [5, 5.41) is 0. The summed E-state index contributed by atoms with van der Waals surface area (Å²) in [6.07, 6.45) is 0.239. The molecule has 3 aromatic rings. The number of carbonyl (C=O) groups excluding carboxylic acids is 1. The maximum atomic E-state index is 13.7. The van der Waals surface area contributed by atoms with Gasteiger partial charge in [0, 0.05) is 11.8 Å². The zero-order valence-corrected chi connectivity index (χ0v) is 20.8. The summed E-state index contributed by atoms with van der Waals surface area (Å²) in [6.45, 7) is 4.88. The largest absolute Gasteiger partial charge is 0.497 e. The fourth-order valence-electron chi connectivity index (χ4n) is 4.48. The second-order valence-corrected chi connectivity index (χ2v) is 8.02. The van der Waals surface area contributed by atoms with Gasteiger partial charge in [0.15, 0.2) is 23.0 Å². The SMILES string of the molecule is CCOc1cc2c(cc1OCC)[C@@H](c1ccc(OC)cc1)N(c1ccc(OC)c(OC)c1)C(=O)C2. The second kappa shape index (κ2) is 10.6. The van der Waals surface area contributed by atoms with Crippen LogP contribution in [0, 0.1) is 0 Å². The zero-order chi connectivity index (χ0) is 24.9. The van der Waals surface area contributed by atoms with Crippen molar-refractivity contribution in [1.82, 2.24) is 0 Å². The Balaban J connectivity index is 1.92. The Bertz CT molecular complexity index is 1190. The first-order valence-corrected chi connectivity index (χ1v) is 11.6. The predicted molar refractivity (Wildman–Crippen MR) is 134 cm³/mol. The molecule has 0 aromatic heterocycles. The number of hydrogen-bond donors (Lipinski definition) is 0. The number of nitrogens with zero attached hydrogens (tertiary/aromatic N) is 1. The molecule has 7 nitrogen and oxygen atoms in total. The maximum absolute atomic E-state index is 13.7. The maximum Gasteiger partial charge on any atom is 0.232 e. The molecule has 1 aliphatic heterocycles. The Hall–Kier alpha value is -3.87. The molecule has 0 radical (unpaired) electrons.